The second-order valence-corrected chi connectivity index (χ2v) is 5.34. The largest absolute Gasteiger partial charge is 0.492 e. The minimum atomic E-state index is -0.0686. The number of nitrogen functional groups attached to an aromatic ring is 1. The van der Waals surface area contributed by atoms with Crippen LogP contribution >= 0.6 is 11.6 Å². The van der Waals surface area contributed by atoms with Crippen LogP contribution < -0.4 is 16.0 Å². The SMILES string of the molecule is Nc1ccc(OCCn2ccc3c(Cl)cccc3c2=O)cc1. The van der Waals surface area contributed by atoms with E-state index < -0.39 is 0 Å². The number of halogens is 1. The van der Waals surface area contributed by atoms with Crippen molar-refractivity contribution < 1.29 is 4.74 Å². The Morgan fingerprint density at radius 3 is 2.59 bits per heavy atom. The van der Waals surface area contributed by atoms with Gasteiger partial charge in [0.15, 0.2) is 0 Å². The van der Waals surface area contributed by atoms with Crippen molar-refractivity contribution in [2.24, 2.45) is 0 Å². The highest BCUT2D eigenvalue weighted by Gasteiger charge is 2.05. The molecule has 0 aliphatic carbocycles. The number of anilines is 1. The van der Waals surface area contributed by atoms with E-state index in [9.17, 15) is 4.79 Å². The lowest BCUT2D eigenvalue weighted by atomic mass is 10.2. The van der Waals surface area contributed by atoms with E-state index in [0.717, 1.165) is 11.1 Å². The van der Waals surface area contributed by atoms with Crippen LogP contribution in [0.25, 0.3) is 10.8 Å². The molecule has 5 heteroatoms. The maximum Gasteiger partial charge on any atom is 0.258 e. The number of aromatic nitrogens is 1. The van der Waals surface area contributed by atoms with Gasteiger partial charge in [0.2, 0.25) is 0 Å². The van der Waals surface area contributed by atoms with E-state index >= 15 is 0 Å². The molecule has 3 aromatic rings. The lowest BCUT2D eigenvalue weighted by Crippen LogP contribution is -2.22. The first kappa shape index (κ1) is 14.5. The number of ether oxygens (including phenoxy) is 1. The summed E-state index contributed by atoms with van der Waals surface area (Å²) >= 11 is 6.10. The summed E-state index contributed by atoms with van der Waals surface area (Å²) in [5, 5.41) is 1.97. The normalized spacial score (nSPS) is 10.8. The van der Waals surface area contributed by atoms with Crippen LogP contribution in [0.1, 0.15) is 0 Å². The Hall–Kier alpha value is -2.46. The molecule has 0 saturated heterocycles. The van der Waals surface area contributed by atoms with Crippen molar-refractivity contribution in [1.29, 1.82) is 0 Å². The summed E-state index contributed by atoms with van der Waals surface area (Å²) in [7, 11) is 0. The number of benzene rings is 2. The van der Waals surface area contributed by atoms with Crippen LogP contribution in [0.3, 0.4) is 0 Å². The van der Waals surface area contributed by atoms with Crippen LogP contribution in [-0.2, 0) is 6.54 Å². The topological polar surface area (TPSA) is 57.2 Å². The Morgan fingerprint density at radius 2 is 1.82 bits per heavy atom. The number of nitrogens with two attached hydrogens (primary N) is 1. The molecule has 0 unspecified atom stereocenters. The molecule has 0 saturated carbocycles. The number of rotatable bonds is 4. The molecule has 0 bridgehead atoms. The zero-order valence-electron chi connectivity index (χ0n) is 11.8. The summed E-state index contributed by atoms with van der Waals surface area (Å²) in [6.07, 6.45) is 1.74. The minimum Gasteiger partial charge on any atom is -0.492 e. The molecule has 112 valence electrons. The van der Waals surface area contributed by atoms with Crippen LogP contribution in [0.4, 0.5) is 5.69 Å². The number of hydrogen-bond donors (Lipinski definition) is 1. The number of hydrogen-bond acceptors (Lipinski definition) is 3. The van der Waals surface area contributed by atoms with Crippen LogP contribution in [0.2, 0.25) is 5.02 Å². The average Bonchev–Trinajstić information content (AvgIpc) is 2.52. The van der Waals surface area contributed by atoms with Gasteiger partial charge in [-0.2, -0.15) is 0 Å². The van der Waals surface area contributed by atoms with Gasteiger partial charge in [-0.1, -0.05) is 17.7 Å². The van der Waals surface area contributed by atoms with Gasteiger partial charge >= 0.3 is 0 Å². The summed E-state index contributed by atoms with van der Waals surface area (Å²) in [4.78, 5) is 12.4. The molecular formula is C17H15ClN2O2. The van der Waals surface area contributed by atoms with Gasteiger partial charge in [0.25, 0.3) is 5.56 Å². The molecule has 0 aliphatic rings. The van der Waals surface area contributed by atoms with E-state index in [-0.39, 0.29) is 5.56 Å². The van der Waals surface area contributed by atoms with E-state index in [4.69, 9.17) is 22.1 Å². The van der Waals surface area contributed by atoms with Gasteiger partial charge in [0.1, 0.15) is 12.4 Å². The molecule has 3 rings (SSSR count). The second kappa shape index (κ2) is 6.12. The molecular weight excluding hydrogens is 300 g/mol. The fourth-order valence-corrected chi connectivity index (χ4v) is 2.52. The Labute approximate surface area is 132 Å². The molecule has 1 heterocycles. The average molecular weight is 315 g/mol. The fourth-order valence-electron chi connectivity index (χ4n) is 2.28. The first-order chi connectivity index (χ1) is 10.6. The standard InChI is InChI=1S/C17H15ClN2O2/c18-16-3-1-2-15-14(16)8-9-20(17(15)21)10-11-22-13-6-4-12(19)5-7-13/h1-9H,10-11,19H2. The quantitative estimate of drug-likeness (QED) is 0.752. The van der Waals surface area contributed by atoms with Gasteiger partial charge in [-0.15, -0.1) is 0 Å². The van der Waals surface area contributed by atoms with Gasteiger partial charge in [-0.3, -0.25) is 4.79 Å². The van der Waals surface area contributed by atoms with Gasteiger partial charge in [-0.05, 0) is 42.5 Å². The highest BCUT2D eigenvalue weighted by atomic mass is 35.5. The third kappa shape index (κ3) is 2.92. The highest BCUT2D eigenvalue weighted by molar-refractivity contribution is 6.35. The van der Waals surface area contributed by atoms with E-state index in [1.165, 1.54) is 0 Å². The van der Waals surface area contributed by atoms with Crippen LogP contribution in [-0.4, -0.2) is 11.2 Å². The molecule has 0 aliphatic heterocycles. The van der Waals surface area contributed by atoms with Gasteiger partial charge in [0.05, 0.1) is 6.54 Å². The zero-order valence-corrected chi connectivity index (χ0v) is 12.6. The monoisotopic (exact) mass is 314 g/mol. The van der Waals surface area contributed by atoms with E-state index in [1.807, 2.05) is 6.07 Å². The Kier molecular flexibility index (Phi) is 4.02. The first-order valence-corrected chi connectivity index (χ1v) is 7.29. The predicted molar refractivity (Wildman–Crippen MR) is 89.6 cm³/mol. The van der Waals surface area contributed by atoms with Crippen molar-refractivity contribution in [3.63, 3.8) is 0 Å². The van der Waals surface area contributed by atoms with Gasteiger partial charge in [0, 0.05) is 27.7 Å². The zero-order chi connectivity index (χ0) is 15.5. The van der Waals surface area contributed by atoms with Crippen molar-refractivity contribution >= 4 is 28.1 Å². The summed E-state index contributed by atoms with van der Waals surface area (Å²) in [5.74, 6) is 0.728. The van der Waals surface area contributed by atoms with Crippen molar-refractivity contribution in [2.45, 2.75) is 6.54 Å². The molecule has 0 radical (unpaired) electrons. The van der Waals surface area contributed by atoms with Crippen LogP contribution in [0.5, 0.6) is 5.75 Å². The van der Waals surface area contributed by atoms with E-state index in [1.54, 1.807) is 53.2 Å². The van der Waals surface area contributed by atoms with Crippen LogP contribution in [0.15, 0.2) is 59.5 Å². The summed E-state index contributed by atoms with van der Waals surface area (Å²) in [6.45, 7) is 0.863. The van der Waals surface area contributed by atoms with Gasteiger partial charge < -0.3 is 15.0 Å². The molecule has 0 amide bonds. The second-order valence-electron chi connectivity index (χ2n) is 4.93. The number of fused-ring (bicyclic) bond motifs is 1. The predicted octanol–water partition coefficient (Wildman–Crippen LogP) is 3.32. The third-order valence-electron chi connectivity index (χ3n) is 3.45. The minimum absolute atomic E-state index is 0.0686. The maximum absolute atomic E-state index is 12.4. The molecule has 1 aromatic heterocycles. The molecule has 0 spiro atoms. The number of pyridine rings is 1. The van der Waals surface area contributed by atoms with Gasteiger partial charge in [-0.25, -0.2) is 0 Å². The Balaban J connectivity index is 1.76. The molecule has 22 heavy (non-hydrogen) atoms. The van der Waals surface area contributed by atoms with Crippen molar-refractivity contribution in [3.8, 4) is 5.75 Å². The number of nitrogens with zero attached hydrogens (tertiary/aromatic N) is 1. The lowest BCUT2D eigenvalue weighted by Gasteiger charge is -2.10. The van der Waals surface area contributed by atoms with E-state index in [2.05, 4.69) is 0 Å². The molecule has 0 atom stereocenters. The molecule has 2 aromatic carbocycles. The maximum atomic E-state index is 12.4. The third-order valence-corrected chi connectivity index (χ3v) is 3.78. The highest BCUT2D eigenvalue weighted by Crippen LogP contribution is 2.20. The molecule has 2 N–H and O–H groups in total. The van der Waals surface area contributed by atoms with Crippen molar-refractivity contribution in [3.05, 3.63) is 70.1 Å². The first-order valence-electron chi connectivity index (χ1n) is 6.91. The summed E-state index contributed by atoms with van der Waals surface area (Å²) in [5.41, 5.74) is 6.24. The summed E-state index contributed by atoms with van der Waals surface area (Å²) in [6, 6.07) is 14.3. The molecule has 0 fully saturated rings. The van der Waals surface area contributed by atoms with Crippen molar-refractivity contribution in [1.82, 2.24) is 4.57 Å². The Morgan fingerprint density at radius 1 is 1.05 bits per heavy atom. The smallest absolute Gasteiger partial charge is 0.258 e. The Bertz CT molecular complexity index is 857. The van der Waals surface area contributed by atoms with Crippen molar-refractivity contribution in [2.75, 3.05) is 12.3 Å². The molecule has 4 nitrogen and oxygen atoms in total. The lowest BCUT2D eigenvalue weighted by molar-refractivity contribution is 0.297. The fraction of sp³-hybridized carbons (Fsp3) is 0.118. The van der Waals surface area contributed by atoms with Crippen LogP contribution in [0, 0.1) is 0 Å². The van der Waals surface area contributed by atoms with E-state index in [0.29, 0.717) is 29.2 Å². The summed E-state index contributed by atoms with van der Waals surface area (Å²) < 4.78 is 7.24.